The molecule has 0 saturated carbocycles. The number of carbonyl (C=O) groups is 3. The maximum atomic E-state index is 12.8. The first kappa shape index (κ1) is 66.1. The zero-order chi connectivity index (χ0) is 50.7. The summed E-state index contributed by atoms with van der Waals surface area (Å²) >= 11 is 0. The molecule has 1 atom stereocenters. The van der Waals surface area contributed by atoms with Crippen molar-refractivity contribution in [2.75, 3.05) is 13.2 Å². The number of rotatable bonds is 51. The molecule has 0 N–H and O–H groups in total. The van der Waals surface area contributed by atoms with Gasteiger partial charge < -0.3 is 14.2 Å². The van der Waals surface area contributed by atoms with Gasteiger partial charge in [0.05, 0.1) is 0 Å². The molecular formula is C64H106O6. The minimum atomic E-state index is -0.801. The third kappa shape index (κ3) is 55.0. The lowest BCUT2D eigenvalue weighted by Gasteiger charge is -2.18. The van der Waals surface area contributed by atoms with Crippen molar-refractivity contribution in [1.82, 2.24) is 0 Å². The minimum absolute atomic E-state index is 0.0979. The van der Waals surface area contributed by atoms with Crippen molar-refractivity contribution in [3.63, 3.8) is 0 Å². The minimum Gasteiger partial charge on any atom is -0.462 e. The van der Waals surface area contributed by atoms with Gasteiger partial charge in [-0.1, -0.05) is 246 Å². The molecule has 0 saturated heterocycles. The topological polar surface area (TPSA) is 78.9 Å². The average molecular weight is 972 g/mol. The van der Waals surface area contributed by atoms with Gasteiger partial charge in [-0.05, 0) is 103 Å². The molecule has 0 aromatic carbocycles. The van der Waals surface area contributed by atoms with Crippen molar-refractivity contribution in [1.29, 1.82) is 0 Å². The summed E-state index contributed by atoms with van der Waals surface area (Å²) in [5, 5.41) is 0. The Balaban J connectivity index is 4.27. The molecule has 6 nitrogen and oxygen atoms in total. The van der Waals surface area contributed by atoms with E-state index in [9.17, 15) is 14.4 Å². The molecule has 398 valence electrons. The lowest BCUT2D eigenvalue weighted by atomic mass is 10.0. The highest BCUT2D eigenvalue weighted by Gasteiger charge is 2.19. The molecule has 0 aliphatic rings. The molecule has 0 amide bonds. The maximum Gasteiger partial charge on any atom is 0.306 e. The van der Waals surface area contributed by atoms with Gasteiger partial charge in [-0.25, -0.2) is 0 Å². The standard InChI is InChI=1S/C64H106O6/c1-4-7-10-13-16-18-20-22-24-26-28-30-32-34-36-38-40-42-44-46-48-51-54-57-63(66)69-60-61(59-68-62(65)56-53-50-15-12-9-6-3)70-64(67)58-55-52-49-47-45-43-41-39-37-35-33-31-29-27-25-23-21-19-17-14-11-8-5-2/h7,10,16,18,21-24,27-30,34,36,40,42,46,48,61H,4-6,8-9,11-15,17,19-20,25-26,31-33,35,37-39,41,43-45,47,49-60H2,1-3H3/b10-7-,18-16-,23-21-,24-22-,29-27-,30-28-,36-34-,42-40-,48-46-. The maximum absolute atomic E-state index is 12.8. The van der Waals surface area contributed by atoms with E-state index in [1.165, 1.54) is 116 Å². The third-order valence-electron chi connectivity index (χ3n) is 12.0. The van der Waals surface area contributed by atoms with E-state index in [1.54, 1.807) is 0 Å². The second-order valence-corrected chi connectivity index (χ2v) is 18.8. The summed E-state index contributed by atoms with van der Waals surface area (Å²) in [6.45, 7) is 6.40. The Morgan fingerprint density at radius 3 is 0.929 bits per heavy atom. The van der Waals surface area contributed by atoms with E-state index in [2.05, 4.69) is 130 Å². The van der Waals surface area contributed by atoms with Gasteiger partial charge >= 0.3 is 17.9 Å². The molecule has 0 aliphatic heterocycles. The molecule has 6 heteroatoms. The molecule has 0 fully saturated rings. The SMILES string of the molecule is CC/C=C\C/C=C\C/C=C\C/C=C\C/C=C\C/C=C\C/C=C\CCCC(=O)OCC(COC(=O)CCCCCCCC)OC(=O)CCCCCCCCCCCCC/C=C\C/C=C\CCCCCCC. The zero-order valence-electron chi connectivity index (χ0n) is 45.5. The first-order valence-corrected chi connectivity index (χ1v) is 28.9. The van der Waals surface area contributed by atoms with Crippen LogP contribution < -0.4 is 0 Å². The fourth-order valence-electron chi connectivity index (χ4n) is 7.70. The molecule has 0 radical (unpaired) electrons. The number of hydrogen-bond donors (Lipinski definition) is 0. The van der Waals surface area contributed by atoms with Gasteiger partial charge in [-0.3, -0.25) is 14.4 Å². The summed E-state index contributed by atoms with van der Waals surface area (Å²) in [5.74, 6) is -0.972. The molecule has 0 rings (SSSR count). The normalized spacial score (nSPS) is 12.9. The molecule has 0 aliphatic carbocycles. The number of allylic oxidation sites excluding steroid dienone is 18. The Morgan fingerprint density at radius 1 is 0.300 bits per heavy atom. The fourth-order valence-corrected chi connectivity index (χ4v) is 7.70. The predicted octanol–water partition coefficient (Wildman–Crippen LogP) is 19.5. The summed E-state index contributed by atoms with van der Waals surface area (Å²) in [6, 6.07) is 0. The van der Waals surface area contributed by atoms with Crippen molar-refractivity contribution >= 4 is 17.9 Å². The van der Waals surface area contributed by atoms with Crippen molar-refractivity contribution in [3.05, 3.63) is 109 Å². The van der Waals surface area contributed by atoms with Gasteiger partial charge in [0.2, 0.25) is 0 Å². The molecule has 70 heavy (non-hydrogen) atoms. The van der Waals surface area contributed by atoms with Gasteiger partial charge in [-0.15, -0.1) is 0 Å². The molecule has 0 aromatic heterocycles. The van der Waals surface area contributed by atoms with Crippen LogP contribution in [0.25, 0.3) is 0 Å². The van der Waals surface area contributed by atoms with Crippen LogP contribution in [-0.2, 0) is 28.6 Å². The lowest BCUT2D eigenvalue weighted by Crippen LogP contribution is -2.30. The van der Waals surface area contributed by atoms with Crippen molar-refractivity contribution in [3.8, 4) is 0 Å². The number of hydrogen-bond acceptors (Lipinski definition) is 6. The van der Waals surface area contributed by atoms with E-state index in [-0.39, 0.29) is 37.5 Å². The van der Waals surface area contributed by atoms with Gasteiger partial charge in [0.25, 0.3) is 0 Å². The summed E-state index contributed by atoms with van der Waals surface area (Å²) < 4.78 is 16.7. The Bertz CT molecular complexity index is 1440. The van der Waals surface area contributed by atoms with Gasteiger partial charge in [0.15, 0.2) is 6.10 Å². The quantitative estimate of drug-likeness (QED) is 0.0262. The van der Waals surface area contributed by atoms with E-state index >= 15 is 0 Å². The van der Waals surface area contributed by atoms with Crippen molar-refractivity contribution in [2.24, 2.45) is 0 Å². The van der Waals surface area contributed by atoms with E-state index in [0.29, 0.717) is 19.3 Å². The molecular weight excluding hydrogens is 865 g/mol. The third-order valence-corrected chi connectivity index (χ3v) is 12.0. The van der Waals surface area contributed by atoms with E-state index < -0.39 is 6.10 Å². The molecule has 1 unspecified atom stereocenters. The molecule has 0 spiro atoms. The monoisotopic (exact) mass is 971 g/mol. The van der Waals surface area contributed by atoms with Crippen LogP contribution in [0.4, 0.5) is 0 Å². The van der Waals surface area contributed by atoms with E-state index in [1.807, 2.05) is 0 Å². The smallest absolute Gasteiger partial charge is 0.306 e. The van der Waals surface area contributed by atoms with Crippen molar-refractivity contribution in [2.45, 2.75) is 264 Å². The molecule has 0 heterocycles. The summed E-state index contributed by atoms with van der Waals surface area (Å²) in [6.07, 6.45) is 78.3. The van der Waals surface area contributed by atoms with Crippen LogP contribution in [0.2, 0.25) is 0 Å². The molecule has 0 bridgehead atoms. The Hall–Kier alpha value is -3.93. The summed E-state index contributed by atoms with van der Waals surface area (Å²) in [4.78, 5) is 37.9. The lowest BCUT2D eigenvalue weighted by molar-refractivity contribution is -0.167. The first-order chi connectivity index (χ1) is 34.5. The Kier molecular flexibility index (Phi) is 54.4. The summed E-state index contributed by atoms with van der Waals surface area (Å²) in [7, 11) is 0. The first-order valence-electron chi connectivity index (χ1n) is 28.9. The highest BCUT2D eigenvalue weighted by atomic mass is 16.6. The summed E-state index contributed by atoms with van der Waals surface area (Å²) in [5.41, 5.74) is 0. The van der Waals surface area contributed by atoms with Gasteiger partial charge in [0.1, 0.15) is 13.2 Å². The Labute approximate surface area is 431 Å². The van der Waals surface area contributed by atoms with Gasteiger partial charge in [-0.2, -0.15) is 0 Å². The highest BCUT2D eigenvalue weighted by Crippen LogP contribution is 2.15. The zero-order valence-corrected chi connectivity index (χ0v) is 45.5. The number of carbonyl (C=O) groups excluding carboxylic acids is 3. The van der Waals surface area contributed by atoms with Gasteiger partial charge in [0, 0.05) is 19.3 Å². The van der Waals surface area contributed by atoms with Crippen LogP contribution in [0, 0.1) is 0 Å². The van der Waals surface area contributed by atoms with E-state index in [4.69, 9.17) is 14.2 Å². The van der Waals surface area contributed by atoms with Crippen LogP contribution in [0.3, 0.4) is 0 Å². The van der Waals surface area contributed by atoms with Crippen LogP contribution in [0.1, 0.15) is 258 Å². The largest absolute Gasteiger partial charge is 0.462 e. The molecule has 0 aromatic rings. The second kappa shape index (κ2) is 57.6. The van der Waals surface area contributed by atoms with Crippen LogP contribution >= 0.6 is 0 Å². The predicted molar refractivity (Wildman–Crippen MR) is 302 cm³/mol. The Morgan fingerprint density at radius 2 is 0.571 bits per heavy atom. The van der Waals surface area contributed by atoms with Crippen molar-refractivity contribution < 1.29 is 28.6 Å². The highest BCUT2D eigenvalue weighted by molar-refractivity contribution is 5.71. The van der Waals surface area contributed by atoms with Crippen LogP contribution in [0.5, 0.6) is 0 Å². The number of unbranched alkanes of at least 4 members (excludes halogenated alkanes) is 22. The average Bonchev–Trinajstić information content (AvgIpc) is 3.36. The number of esters is 3. The van der Waals surface area contributed by atoms with Crippen LogP contribution in [-0.4, -0.2) is 37.2 Å². The van der Waals surface area contributed by atoms with Crippen LogP contribution in [0.15, 0.2) is 109 Å². The number of ether oxygens (including phenoxy) is 3. The van der Waals surface area contributed by atoms with E-state index in [0.717, 1.165) is 96.3 Å². The fraction of sp³-hybridized carbons (Fsp3) is 0.672. The second-order valence-electron chi connectivity index (χ2n) is 18.8.